The van der Waals surface area contributed by atoms with Crippen molar-refractivity contribution in [3.05, 3.63) is 60.4 Å². The summed E-state index contributed by atoms with van der Waals surface area (Å²) >= 11 is 0. The van der Waals surface area contributed by atoms with Gasteiger partial charge in [0.05, 0.1) is 17.2 Å². The number of rotatable bonds is 8. The van der Waals surface area contributed by atoms with Crippen LogP contribution in [0.4, 0.5) is 5.69 Å². The van der Waals surface area contributed by atoms with E-state index >= 15 is 0 Å². The van der Waals surface area contributed by atoms with Gasteiger partial charge in [0, 0.05) is 24.9 Å². The van der Waals surface area contributed by atoms with Crippen molar-refractivity contribution in [1.82, 2.24) is 24.9 Å². The smallest absolute Gasteiger partial charge is 0.255 e. The monoisotopic (exact) mass is 402 g/mol. The lowest BCUT2D eigenvalue weighted by atomic mass is 10.2. The summed E-state index contributed by atoms with van der Waals surface area (Å²) in [4.78, 5) is 12.6. The van der Waals surface area contributed by atoms with Gasteiger partial charge in [-0.05, 0) is 52.9 Å². The predicted molar refractivity (Wildman–Crippen MR) is 101 cm³/mol. The van der Waals surface area contributed by atoms with Crippen molar-refractivity contribution in [2.75, 3.05) is 25.6 Å². The fourth-order valence-corrected chi connectivity index (χ4v) is 3.36. The summed E-state index contributed by atoms with van der Waals surface area (Å²) in [5.74, 6) is -0.344. The van der Waals surface area contributed by atoms with Crippen molar-refractivity contribution in [2.45, 2.75) is 4.90 Å². The van der Waals surface area contributed by atoms with Gasteiger partial charge in [0.2, 0.25) is 10.0 Å². The van der Waals surface area contributed by atoms with E-state index in [1.807, 2.05) is 0 Å². The summed E-state index contributed by atoms with van der Waals surface area (Å²) in [5.41, 5.74) is 1.51. The lowest BCUT2D eigenvalue weighted by molar-refractivity contribution is 0.102. The fourth-order valence-electron chi connectivity index (χ4n) is 2.35. The van der Waals surface area contributed by atoms with Gasteiger partial charge in [0.1, 0.15) is 6.33 Å². The fraction of sp³-hybridized carbons (Fsp3) is 0.176. The molecule has 0 aliphatic carbocycles. The van der Waals surface area contributed by atoms with Crippen LogP contribution >= 0.6 is 0 Å². The van der Waals surface area contributed by atoms with Gasteiger partial charge in [-0.1, -0.05) is 6.07 Å². The van der Waals surface area contributed by atoms with Crippen LogP contribution in [0.5, 0.6) is 0 Å². The van der Waals surface area contributed by atoms with Crippen LogP contribution in [0.3, 0.4) is 0 Å². The van der Waals surface area contributed by atoms with Gasteiger partial charge >= 0.3 is 0 Å². The third-order valence-electron chi connectivity index (χ3n) is 3.74. The van der Waals surface area contributed by atoms with Gasteiger partial charge in [-0.3, -0.25) is 4.79 Å². The molecule has 0 unspecified atom stereocenters. The Morgan fingerprint density at radius 1 is 1.18 bits per heavy atom. The highest BCUT2D eigenvalue weighted by Gasteiger charge is 2.14. The minimum Gasteiger partial charge on any atom is -0.383 e. The van der Waals surface area contributed by atoms with Crippen molar-refractivity contribution in [3.8, 4) is 5.69 Å². The third kappa shape index (κ3) is 4.76. The molecular weight excluding hydrogens is 384 g/mol. The molecule has 1 heterocycles. The molecule has 10 nitrogen and oxygen atoms in total. The molecule has 2 aromatic carbocycles. The van der Waals surface area contributed by atoms with E-state index in [1.54, 1.807) is 24.3 Å². The molecular formula is C17H18N6O4S. The molecule has 1 amide bonds. The molecule has 0 saturated heterocycles. The van der Waals surface area contributed by atoms with Gasteiger partial charge in [-0.2, -0.15) is 0 Å². The van der Waals surface area contributed by atoms with Crippen molar-refractivity contribution in [2.24, 2.45) is 0 Å². The van der Waals surface area contributed by atoms with Crippen molar-refractivity contribution >= 4 is 21.6 Å². The zero-order valence-electron chi connectivity index (χ0n) is 14.9. The van der Waals surface area contributed by atoms with Crippen LogP contribution in [0.1, 0.15) is 10.4 Å². The van der Waals surface area contributed by atoms with Gasteiger partial charge in [0.15, 0.2) is 0 Å². The van der Waals surface area contributed by atoms with E-state index in [0.717, 1.165) is 0 Å². The van der Waals surface area contributed by atoms with Crippen LogP contribution in [0.15, 0.2) is 59.8 Å². The van der Waals surface area contributed by atoms with E-state index in [2.05, 4.69) is 25.6 Å². The Labute approximate surface area is 161 Å². The molecule has 3 rings (SSSR count). The highest BCUT2D eigenvalue weighted by Crippen LogP contribution is 2.16. The molecule has 2 N–H and O–H groups in total. The maximum absolute atomic E-state index is 12.5. The third-order valence-corrected chi connectivity index (χ3v) is 5.22. The minimum atomic E-state index is -3.62. The Balaban J connectivity index is 1.69. The molecule has 0 saturated carbocycles. The number of aromatic nitrogens is 4. The SMILES string of the molecule is COCCNS(=O)(=O)c1ccc(NC(=O)c2cccc(-n3cnnn3)c2)cc1. The normalized spacial score (nSPS) is 11.3. The van der Waals surface area contributed by atoms with Gasteiger partial charge in [-0.25, -0.2) is 17.8 Å². The number of sulfonamides is 1. The van der Waals surface area contributed by atoms with Crippen molar-refractivity contribution < 1.29 is 17.9 Å². The Hall–Kier alpha value is -3.15. The number of nitrogens with one attached hydrogen (secondary N) is 2. The lowest BCUT2D eigenvalue weighted by Gasteiger charge is -2.09. The summed E-state index contributed by atoms with van der Waals surface area (Å²) in [7, 11) is -2.13. The molecule has 11 heteroatoms. The second-order valence-corrected chi connectivity index (χ2v) is 7.44. The standard InChI is InChI=1S/C17H18N6O4S/c1-27-10-9-19-28(25,26)16-7-5-14(6-8-16)20-17(24)13-3-2-4-15(11-13)23-12-18-21-22-23/h2-8,11-12,19H,9-10H2,1H3,(H,20,24). The number of carbonyl (C=O) groups is 1. The summed E-state index contributed by atoms with van der Waals surface area (Å²) < 4.78 is 33.0. The average molecular weight is 402 g/mol. The van der Waals surface area contributed by atoms with Crippen LogP contribution in [0.25, 0.3) is 5.69 Å². The highest BCUT2D eigenvalue weighted by molar-refractivity contribution is 7.89. The Kier molecular flexibility index (Phi) is 6.09. The second-order valence-electron chi connectivity index (χ2n) is 5.67. The molecule has 0 spiro atoms. The predicted octanol–water partition coefficient (Wildman–Crippen LogP) is 0.839. The van der Waals surface area contributed by atoms with Gasteiger partial charge in [0.25, 0.3) is 5.91 Å². The number of methoxy groups -OCH3 is 1. The quantitative estimate of drug-likeness (QED) is 0.534. The van der Waals surface area contributed by atoms with Crippen molar-refractivity contribution in [3.63, 3.8) is 0 Å². The Morgan fingerprint density at radius 3 is 2.64 bits per heavy atom. The van der Waals surface area contributed by atoms with E-state index in [4.69, 9.17) is 4.74 Å². The molecule has 0 bridgehead atoms. The van der Waals surface area contributed by atoms with E-state index in [-0.39, 0.29) is 24.0 Å². The summed E-state index contributed by atoms with van der Waals surface area (Å²) in [6, 6.07) is 12.7. The number of nitrogens with zero attached hydrogens (tertiary/aromatic N) is 4. The average Bonchev–Trinajstić information content (AvgIpc) is 3.23. The molecule has 0 fully saturated rings. The first-order valence-corrected chi connectivity index (χ1v) is 9.71. The van der Waals surface area contributed by atoms with Crippen LogP contribution in [0.2, 0.25) is 0 Å². The first-order valence-electron chi connectivity index (χ1n) is 8.23. The maximum atomic E-state index is 12.5. The van der Waals surface area contributed by atoms with E-state index in [9.17, 15) is 13.2 Å². The van der Waals surface area contributed by atoms with Crippen LogP contribution < -0.4 is 10.0 Å². The number of benzene rings is 2. The number of hydrogen-bond acceptors (Lipinski definition) is 7. The number of ether oxygens (including phenoxy) is 1. The van der Waals surface area contributed by atoms with Crippen LogP contribution in [-0.4, -0.2) is 54.8 Å². The van der Waals surface area contributed by atoms with Gasteiger partial charge in [-0.15, -0.1) is 5.10 Å². The largest absolute Gasteiger partial charge is 0.383 e. The molecule has 0 aliphatic rings. The molecule has 0 radical (unpaired) electrons. The number of hydrogen-bond donors (Lipinski definition) is 2. The molecule has 0 aliphatic heterocycles. The van der Waals surface area contributed by atoms with Crippen LogP contribution in [0, 0.1) is 0 Å². The molecule has 1 aromatic heterocycles. The van der Waals surface area contributed by atoms with Crippen molar-refractivity contribution in [1.29, 1.82) is 0 Å². The first-order chi connectivity index (χ1) is 13.5. The molecule has 0 atom stereocenters. The van der Waals surface area contributed by atoms with E-state index < -0.39 is 10.0 Å². The first kappa shape index (κ1) is 19.6. The Bertz CT molecular complexity index is 1040. The summed E-state index contributed by atoms with van der Waals surface area (Å²) in [6.07, 6.45) is 1.43. The van der Waals surface area contributed by atoms with E-state index in [0.29, 0.717) is 16.9 Å². The lowest BCUT2D eigenvalue weighted by Crippen LogP contribution is -2.27. The minimum absolute atomic E-state index is 0.0993. The number of carbonyl (C=O) groups excluding carboxylic acids is 1. The number of anilines is 1. The van der Waals surface area contributed by atoms with E-state index in [1.165, 1.54) is 42.4 Å². The zero-order valence-corrected chi connectivity index (χ0v) is 15.8. The maximum Gasteiger partial charge on any atom is 0.255 e. The second kappa shape index (κ2) is 8.69. The van der Waals surface area contributed by atoms with Gasteiger partial charge < -0.3 is 10.1 Å². The highest BCUT2D eigenvalue weighted by atomic mass is 32.2. The topological polar surface area (TPSA) is 128 Å². The summed E-state index contributed by atoms with van der Waals surface area (Å²) in [5, 5.41) is 13.6. The molecule has 146 valence electrons. The molecule has 3 aromatic rings. The molecule has 28 heavy (non-hydrogen) atoms. The van der Waals surface area contributed by atoms with Crippen LogP contribution in [-0.2, 0) is 14.8 Å². The number of tetrazole rings is 1. The Morgan fingerprint density at radius 2 is 1.96 bits per heavy atom. The number of amides is 1. The zero-order chi connectivity index (χ0) is 20.0. The summed E-state index contributed by atoms with van der Waals surface area (Å²) in [6.45, 7) is 0.450.